The first kappa shape index (κ1) is 15.2. The second-order valence-corrected chi connectivity index (χ2v) is 6.12. The van der Waals surface area contributed by atoms with E-state index in [2.05, 4.69) is 43.9 Å². The molecule has 0 amide bonds. The average Bonchev–Trinajstić information content (AvgIpc) is 2.45. The zero-order valence-corrected chi connectivity index (χ0v) is 13.1. The molecule has 1 aromatic carbocycles. The van der Waals surface area contributed by atoms with Gasteiger partial charge in [0.15, 0.2) is 0 Å². The first-order valence-electron chi connectivity index (χ1n) is 7.84. The van der Waals surface area contributed by atoms with E-state index in [0.29, 0.717) is 12.0 Å². The van der Waals surface area contributed by atoms with Gasteiger partial charge < -0.3 is 15.4 Å². The molecule has 1 saturated heterocycles. The Labute approximate surface area is 123 Å². The fourth-order valence-corrected chi connectivity index (χ4v) is 2.59. The number of hydrogen-bond donors (Lipinski definition) is 1. The number of nitrogens with zero attached hydrogens (tertiary/aromatic N) is 1. The molecule has 1 aliphatic heterocycles. The van der Waals surface area contributed by atoms with Crippen LogP contribution in [0.1, 0.15) is 38.7 Å². The van der Waals surface area contributed by atoms with Gasteiger partial charge in [0.2, 0.25) is 0 Å². The molecule has 3 nitrogen and oxygen atoms in total. The van der Waals surface area contributed by atoms with Crippen molar-refractivity contribution in [3.05, 3.63) is 23.8 Å². The van der Waals surface area contributed by atoms with Crippen LogP contribution in [-0.2, 0) is 0 Å². The smallest absolute Gasteiger partial charge is 0.122 e. The minimum Gasteiger partial charge on any atom is -0.493 e. The molecule has 1 aromatic rings. The van der Waals surface area contributed by atoms with Crippen molar-refractivity contribution in [1.82, 2.24) is 0 Å². The lowest BCUT2D eigenvalue weighted by atomic mass is 10.1. The number of ether oxygens (including phenoxy) is 1. The second-order valence-electron chi connectivity index (χ2n) is 6.12. The average molecular weight is 276 g/mol. The molecular weight excluding hydrogens is 248 g/mol. The molecule has 0 aliphatic carbocycles. The van der Waals surface area contributed by atoms with Crippen molar-refractivity contribution in [2.45, 2.75) is 46.1 Å². The van der Waals surface area contributed by atoms with E-state index in [0.717, 1.165) is 38.3 Å². The Kier molecular flexibility index (Phi) is 5.30. The van der Waals surface area contributed by atoms with Crippen LogP contribution in [0.4, 0.5) is 5.69 Å². The van der Waals surface area contributed by atoms with Gasteiger partial charge in [0.25, 0.3) is 0 Å². The molecule has 2 unspecified atom stereocenters. The highest BCUT2D eigenvalue weighted by Crippen LogP contribution is 2.26. The van der Waals surface area contributed by atoms with Gasteiger partial charge in [0.1, 0.15) is 5.75 Å². The van der Waals surface area contributed by atoms with Gasteiger partial charge >= 0.3 is 0 Å². The van der Waals surface area contributed by atoms with Crippen LogP contribution in [0.3, 0.4) is 0 Å². The van der Waals surface area contributed by atoms with E-state index in [1.165, 1.54) is 17.7 Å². The number of hydrogen-bond acceptors (Lipinski definition) is 3. The number of piperidine rings is 1. The molecule has 0 saturated carbocycles. The van der Waals surface area contributed by atoms with Crippen molar-refractivity contribution in [2.24, 2.45) is 11.7 Å². The molecule has 0 spiro atoms. The third kappa shape index (κ3) is 3.89. The largest absolute Gasteiger partial charge is 0.493 e. The Hall–Kier alpha value is -1.22. The monoisotopic (exact) mass is 276 g/mol. The first-order chi connectivity index (χ1) is 9.60. The van der Waals surface area contributed by atoms with Crippen molar-refractivity contribution in [3.8, 4) is 5.75 Å². The molecule has 2 rings (SSSR count). The fourth-order valence-electron chi connectivity index (χ4n) is 2.59. The Balaban J connectivity index is 2.01. The van der Waals surface area contributed by atoms with E-state index in [1.807, 2.05) is 0 Å². The van der Waals surface area contributed by atoms with E-state index in [1.54, 1.807) is 0 Å². The molecule has 112 valence electrons. The van der Waals surface area contributed by atoms with E-state index in [4.69, 9.17) is 10.5 Å². The summed E-state index contributed by atoms with van der Waals surface area (Å²) in [5.74, 6) is 1.62. The van der Waals surface area contributed by atoms with Crippen molar-refractivity contribution < 1.29 is 4.74 Å². The zero-order valence-electron chi connectivity index (χ0n) is 13.1. The topological polar surface area (TPSA) is 38.5 Å². The highest BCUT2D eigenvalue weighted by Gasteiger charge is 2.17. The molecule has 1 aliphatic rings. The van der Waals surface area contributed by atoms with Crippen LogP contribution in [-0.4, -0.2) is 25.7 Å². The maximum atomic E-state index is 6.06. The summed E-state index contributed by atoms with van der Waals surface area (Å²) in [5.41, 5.74) is 8.55. The van der Waals surface area contributed by atoms with Crippen molar-refractivity contribution >= 4 is 5.69 Å². The number of benzene rings is 1. The minimum atomic E-state index is 0.311. The van der Waals surface area contributed by atoms with Crippen LogP contribution in [0.15, 0.2) is 18.2 Å². The zero-order chi connectivity index (χ0) is 14.5. The van der Waals surface area contributed by atoms with Gasteiger partial charge in [0, 0.05) is 24.8 Å². The Morgan fingerprint density at radius 1 is 1.45 bits per heavy atom. The van der Waals surface area contributed by atoms with Gasteiger partial charge in [-0.1, -0.05) is 20.3 Å². The number of anilines is 1. The normalized spacial score (nSPS) is 20.8. The molecule has 0 bridgehead atoms. The van der Waals surface area contributed by atoms with Gasteiger partial charge in [-0.2, -0.15) is 0 Å². The van der Waals surface area contributed by atoms with Crippen molar-refractivity contribution in [2.75, 3.05) is 24.6 Å². The quantitative estimate of drug-likeness (QED) is 0.896. The summed E-state index contributed by atoms with van der Waals surface area (Å²) in [6.07, 6.45) is 3.49. The first-order valence-corrected chi connectivity index (χ1v) is 7.84. The summed E-state index contributed by atoms with van der Waals surface area (Å²) in [7, 11) is 0. The number of rotatable bonds is 5. The molecule has 0 aromatic heterocycles. The predicted molar refractivity (Wildman–Crippen MR) is 85.6 cm³/mol. The van der Waals surface area contributed by atoms with Gasteiger partial charge in [-0.25, -0.2) is 0 Å². The lowest BCUT2D eigenvalue weighted by Crippen LogP contribution is -2.42. The standard InChI is InChI=1S/C17H28N2O/c1-4-13(2)12-20-17-8-7-16(10-14(17)3)19-9-5-6-15(18)11-19/h7-8,10,13,15H,4-6,9,11-12,18H2,1-3H3. The molecule has 2 N–H and O–H groups in total. The molecule has 1 heterocycles. The van der Waals surface area contributed by atoms with E-state index >= 15 is 0 Å². The lowest BCUT2D eigenvalue weighted by Gasteiger charge is -2.33. The van der Waals surface area contributed by atoms with Crippen molar-refractivity contribution in [1.29, 1.82) is 0 Å². The van der Waals surface area contributed by atoms with E-state index in [-0.39, 0.29) is 0 Å². The molecule has 2 atom stereocenters. The minimum absolute atomic E-state index is 0.311. The van der Waals surface area contributed by atoms with Gasteiger partial charge in [-0.15, -0.1) is 0 Å². The van der Waals surface area contributed by atoms with Crippen LogP contribution >= 0.6 is 0 Å². The van der Waals surface area contributed by atoms with E-state index < -0.39 is 0 Å². The van der Waals surface area contributed by atoms with E-state index in [9.17, 15) is 0 Å². The third-order valence-corrected chi connectivity index (χ3v) is 4.20. The summed E-state index contributed by atoms with van der Waals surface area (Å²) in [6, 6.07) is 6.80. The molecule has 0 radical (unpaired) electrons. The summed E-state index contributed by atoms with van der Waals surface area (Å²) in [4.78, 5) is 2.39. The molecular formula is C17H28N2O. The van der Waals surface area contributed by atoms with Gasteiger partial charge in [0.05, 0.1) is 6.61 Å². The molecule has 1 fully saturated rings. The third-order valence-electron chi connectivity index (χ3n) is 4.20. The summed E-state index contributed by atoms with van der Waals surface area (Å²) < 4.78 is 5.91. The predicted octanol–water partition coefficient (Wildman–Crippen LogP) is 3.35. The lowest BCUT2D eigenvalue weighted by molar-refractivity contribution is 0.255. The fraction of sp³-hybridized carbons (Fsp3) is 0.647. The van der Waals surface area contributed by atoms with Crippen molar-refractivity contribution in [3.63, 3.8) is 0 Å². The summed E-state index contributed by atoms with van der Waals surface area (Å²) >= 11 is 0. The highest BCUT2D eigenvalue weighted by molar-refractivity contribution is 5.53. The van der Waals surface area contributed by atoms with Crippen LogP contribution < -0.4 is 15.4 Å². The van der Waals surface area contributed by atoms with Gasteiger partial charge in [-0.05, 0) is 49.4 Å². The van der Waals surface area contributed by atoms with Crippen LogP contribution in [0.5, 0.6) is 5.75 Å². The maximum Gasteiger partial charge on any atom is 0.122 e. The Bertz CT molecular complexity index is 433. The SMILES string of the molecule is CCC(C)COc1ccc(N2CCCC(N)C2)cc1C. The second kappa shape index (κ2) is 6.98. The van der Waals surface area contributed by atoms with Crippen LogP contribution in [0.2, 0.25) is 0 Å². The Morgan fingerprint density at radius 2 is 2.25 bits per heavy atom. The molecule has 3 heteroatoms. The summed E-state index contributed by atoms with van der Waals surface area (Å²) in [6.45, 7) is 9.42. The number of aryl methyl sites for hydroxylation is 1. The van der Waals surface area contributed by atoms with Crippen LogP contribution in [0, 0.1) is 12.8 Å². The van der Waals surface area contributed by atoms with Gasteiger partial charge in [-0.3, -0.25) is 0 Å². The summed E-state index contributed by atoms with van der Waals surface area (Å²) in [5, 5.41) is 0. The maximum absolute atomic E-state index is 6.06. The molecule has 20 heavy (non-hydrogen) atoms. The number of nitrogens with two attached hydrogens (primary N) is 1. The Morgan fingerprint density at radius 3 is 2.90 bits per heavy atom. The van der Waals surface area contributed by atoms with Crippen LogP contribution in [0.25, 0.3) is 0 Å². The highest BCUT2D eigenvalue weighted by atomic mass is 16.5.